The number of hydrogen-bond donors (Lipinski definition) is 1. The van der Waals surface area contributed by atoms with Crippen molar-refractivity contribution < 1.29 is 14.3 Å². The summed E-state index contributed by atoms with van der Waals surface area (Å²) in [6, 6.07) is 13.7. The van der Waals surface area contributed by atoms with Gasteiger partial charge in [-0.05, 0) is 92.3 Å². The second-order valence-electron chi connectivity index (χ2n) is 8.94. The molecular weight excluding hydrogens is 414 g/mol. The monoisotopic (exact) mass is 447 g/mol. The van der Waals surface area contributed by atoms with Crippen molar-refractivity contribution in [1.29, 1.82) is 0 Å². The zero-order valence-corrected chi connectivity index (χ0v) is 19.4. The summed E-state index contributed by atoms with van der Waals surface area (Å²) in [4.78, 5) is 24.6. The van der Waals surface area contributed by atoms with Crippen LogP contribution in [0, 0.1) is 5.92 Å². The summed E-state index contributed by atoms with van der Waals surface area (Å²) in [6.45, 7) is 4.31. The highest BCUT2D eigenvalue weighted by Crippen LogP contribution is 2.29. The Balaban J connectivity index is 1.32. The number of hydrazone groups is 1. The molecule has 1 unspecified atom stereocenters. The molecule has 1 fully saturated rings. The fourth-order valence-electron chi connectivity index (χ4n) is 4.60. The molecule has 0 radical (unpaired) electrons. The lowest BCUT2D eigenvalue weighted by Gasteiger charge is -2.24. The Labute approximate surface area is 196 Å². The van der Waals surface area contributed by atoms with E-state index in [1.165, 1.54) is 30.4 Å². The van der Waals surface area contributed by atoms with E-state index in [0.717, 1.165) is 43.6 Å². The number of rotatable bonds is 7. The first kappa shape index (κ1) is 23.0. The summed E-state index contributed by atoms with van der Waals surface area (Å²) in [6.07, 6.45) is 8.74. The molecule has 0 saturated carbocycles. The summed E-state index contributed by atoms with van der Waals surface area (Å²) in [7, 11) is 0. The number of nitrogens with one attached hydrogen (secondary N) is 1. The highest BCUT2D eigenvalue weighted by molar-refractivity contribution is 6.04. The van der Waals surface area contributed by atoms with Gasteiger partial charge in [-0.2, -0.15) is 5.10 Å². The van der Waals surface area contributed by atoms with Crippen LogP contribution in [0.15, 0.2) is 47.6 Å². The number of carbonyl (C=O) groups excluding carboxylic acids is 2. The number of carbonyl (C=O) groups is 2. The van der Waals surface area contributed by atoms with E-state index in [1.807, 2.05) is 55.6 Å². The first-order valence-corrected chi connectivity index (χ1v) is 12.1. The van der Waals surface area contributed by atoms with E-state index in [1.54, 1.807) is 0 Å². The fraction of sp³-hybridized carbons (Fsp3) is 0.444. The smallest absolute Gasteiger partial charge is 0.306 e. The van der Waals surface area contributed by atoms with Crippen LogP contribution < -0.4 is 5.32 Å². The van der Waals surface area contributed by atoms with E-state index < -0.39 is 0 Å². The molecule has 33 heavy (non-hydrogen) atoms. The maximum Gasteiger partial charge on any atom is 0.306 e. The van der Waals surface area contributed by atoms with E-state index >= 15 is 0 Å². The van der Waals surface area contributed by atoms with Crippen molar-refractivity contribution in [3.05, 3.63) is 64.7 Å². The molecule has 6 heteroatoms. The van der Waals surface area contributed by atoms with Gasteiger partial charge in [0, 0.05) is 30.8 Å². The Morgan fingerprint density at radius 2 is 1.88 bits per heavy atom. The van der Waals surface area contributed by atoms with Crippen LogP contribution in [0.5, 0.6) is 0 Å². The Morgan fingerprint density at radius 1 is 1.09 bits per heavy atom. The van der Waals surface area contributed by atoms with Crippen LogP contribution in [0.3, 0.4) is 0 Å². The molecule has 1 aliphatic heterocycles. The molecule has 1 saturated heterocycles. The third-order valence-electron chi connectivity index (χ3n) is 6.43. The van der Waals surface area contributed by atoms with Gasteiger partial charge in [-0.15, -0.1) is 0 Å². The minimum absolute atomic E-state index is 0.110. The molecule has 2 aromatic carbocycles. The van der Waals surface area contributed by atoms with Gasteiger partial charge < -0.3 is 10.1 Å². The van der Waals surface area contributed by atoms with Gasteiger partial charge in [0.1, 0.15) is 0 Å². The van der Waals surface area contributed by atoms with Crippen LogP contribution in [0.25, 0.3) is 0 Å². The van der Waals surface area contributed by atoms with Gasteiger partial charge >= 0.3 is 5.97 Å². The number of ether oxygens (including phenoxy) is 1. The zero-order valence-electron chi connectivity index (χ0n) is 19.4. The Hall–Kier alpha value is -3.15. The average Bonchev–Trinajstić information content (AvgIpc) is 2.84. The van der Waals surface area contributed by atoms with Gasteiger partial charge in [0.25, 0.3) is 5.91 Å². The lowest BCUT2D eigenvalue weighted by atomic mass is 9.81. The van der Waals surface area contributed by atoms with Gasteiger partial charge in [-0.3, -0.25) is 14.6 Å². The minimum Gasteiger partial charge on any atom is -0.466 e. The fourth-order valence-corrected chi connectivity index (χ4v) is 4.60. The van der Waals surface area contributed by atoms with Gasteiger partial charge in [0.15, 0.2) is 0 Å². The van der Waals surface area contributed by atoms with Crippen molar-refractivity contribution in [2.45, 2.75) is 51.9 Å². The Kier molecular flexibility index (Phi) is 7.76. The summed E-state index contributed by atoms with van der Waals surface area (Å²) < 4.78 is 5.09. The van der Waals surface area contributed by atoms with Crippen molar-refractivity contribution in [2.24, 2.45) is 11.0 Å². The molecule has 0 aromatic heterocycles. The van der Waals surface area contributed by atoms with E-state index in [9.17, 15) is 9.59 Å². The second-order valence-corrected chi connectivity index (χ2v) is 8.94. The average molecular weight is 448 g/mol. The largest absolute Gasteiger partial charge is 0.466 e. The summed E-state index contributed by atoms with van der Waals surface area (Å²) in [5, 5.41) is 9.67. The van der Waals surface area contributed by atoms with Crippen LogP contribution >= 0.6 is 0 Å². The Morgan fingerprint density at radius 3 is 2.64 bits per heavy atom. The van der Waals surface area contributed by atoms with Gasteiger partial charge in [-0.25, -0.2) is 0 Å². The normalized spacial score (nSPS) is 18.1. The number of anilines is 1. The van der Waals surface area contributed by atoms with Crippen LogP contribution in [0.1, 0.15) is 66.1 Å². The topological polar surface area (TPSA) is 71.0 Å². The molecule has 4 rings (SSSR count). The van der Waals surface area contributed by atoms with E-state index in [0.29, 0.717) is 24.5 Å². The molecule has 2 aromatic rings. The van der Waals surface area contributed by atoms with Crippen molar-refractivity contribution in [3.63, 3.8) is 0 Å². The van der Waals surface area contributed by atoms with E-state index in [4.69, 9.17) is 4.74 Å². The predicted octanol–water partition coefficient (Wildman–Crippen LogP) is 4.82. The summed E-state index contributed by atoms with van der Waals surface area (Å²) >= 11 is 0. The first-order chi connectivity index (χ1) is 16.1. The van der Waals surface area contributed by atoms with Crippen molar-refractivity contribution in [1.82, 2.24) is 5.01 Å². The third-order valence-corrected chi connectivity index (χ3v) is 6.43. The molecule has 1 heterocycles. The highest BCUT2D eigenvalue weighted by atomic mass is 16.5. The third kappa shape index (κ3) is 6.44. The standard InChI is InChI=1S/C27H33N3O3/c1-2-33-26(31)17-21-6-9-23-18-24(11-10-22(23)16-21)27(32)29-25-12-7-20(8-13-25)19-28-30-14-4-3-5-15-30/h7-8,10-13,18-19,21H,2-6,9,14-17H2,1H3,(H,29,32)/b28-19+. The Bertz CT molecular complexity index is 994. The second kappa shape index (κ2) is 11.1. The number of aryl methyl sites for hydroxylation is 1. The maximum absolute atomic E-state index is 12.8. The van der Waals surface area contributed by atoms with Crippen molar-refractivity contribution >= 4 is 23.8 Å². The number of piperidine rings is 1. The summed E-state index contributed by atoms with van der Waals surface area (Å²) in [5.74, 6) is 0.0834. The minimum atomic E-state index is -0.120. The van der Waals surface area contributed by atoms with Crippen LogP contribution in [-0.2, 0) is 22.4 Å². The molecule has 0 bridgehead atoms. The number of nitrogens with zero attached hydrogens (tertiary/aromatic N) is 2. The SMILES string of the molecule is CCOC(=O)CC1CCc2cc(C(=O)Nc3ccc(/C=N/N4CCCCC4)cc3)ccc2C1. The molecule has 1 atom stereocenters. The first-order valence-electron chi connectivity index (χ1n) is 12.1. The molecular formula is C27H33N3O3. The molecule has 1 aliphatic carbocycles. The molecule has 1 amide bonds. The molecule has 2 aliphatic rings. The lowest BCUT2D eigenvalue weighted by molar-refractivity contribution is -0.144. The van der Waals surface area contributed by atoms with Crippen molar-refractivity contribution in [2.75, 3.05) is 25.0 Å². The number of benzene rings is 2. The quantitative estimate of drug-likeness (QED) is 0.488. The maximum atomic E-state index is 12.8. The number of fused-ring (bicyclic) bond motifs is 1. The number of esters is 1. The van der Waals surface area contributed by atoms with E-state index in [-0.39, 0.29) is 11.9 Å². The van der Waals surface area contributed by atoms with Crippen molar-refractivity contribution in [3.8, 4) is 0 Å². The molecule has 174 valence electrons. The van der Waals surface area contributed by atoms with Crippen LogP contribution in [0.4, 0.5) is 5.69 Å². The number of amides is 1. The van der Waals surface area contributed by atoms with Gasteiger partial charge in [0.05, 0.1) is 12.8 Å². The van der Waals surface area contributed by atoms with Gasteiger partial charge in [-0.1, -0.05) is 18.2 Å². The zero-order chi connectivity index (χ0) is 23.0. The molecule has 6 nitrogen and oxygen atoms in total. The predicted molar refractivity (Wildman–Crippen MR) is 131 cm³/mol. The van der Waals surface area contributed by atoms with Crippen LogP contribution in [0.2, 0.25) is 0 Å². The summed E-state index contributed by atoms with van der Waals surface area (Å²) in [5.41, 5.74) is 4.87. The van der Waals surface area contributed by atoms with E-state index in [2.05, 4.69) is 15.4 Å². The molecule has 1 N–H and O–H groups in total. The molecule has 0 spiro atoms. The number of hydrogen-bond acceptors (Lipinski definition) is 5. The van der Waals surface area contributed by atoms with Gasteiger partial charge in [0.2, 0.25) is 0 Å². The lowest BCUT2D eigenvalue weighted by Crippen LogP contribution is -2.24. The highest BCUT2D eigenvalue weighted by Gasteiger charge is 2.22. The van der Waals surface area contributed by atoms with Crippen LogP contribution in [-0.4, -0.2) is 42.8 Å².